The fourth-order valence-corrected chi connectivity index (χ4v) is 6.30. The lowest BCUT2D eigenvalue weighted by Gasteiger charge is -2.41. The summed E-state index contributed by atoms with van der Waals surface area (Å²) in [6, 6.07) is 7.42. The molecular formula is C29H31F3N4O4. The summed E-state index contributed by atoms with van der Waals surface area (Å²) < 4.78 is 41.0. The number of carbonyl (C=O) groups excluding carboxylic acids is 4. The van der Waals surface area contributed by atoms with Crippen LogP contribution < -0.4 is 11.1 Å². The monoisotopic (exact) mass is 556 g/mol. The smallest absolute Gasteiger partial charge is 0.261 e. The number of halogens is 3. The minimum Gasteiger partial charge on any atom is -0.356 e. The van der Waals surface area contributed by atoms with E-state index in [4.69, 9.17) is 5.73 Å². The van der Waals surface area contributed by atoms with Crippen molar-refractivity contribution in [3.8, 4) is 0 Å². The Bertz CT molecular complexity index is 1300. The van der Waals surface area contributed by atoms with Gasteiger partial charge in [-0.05, 0) is 61.8 Å². The van der Waals surface area contributed by atoms with Crippen molar-refractivity contribution in [3.05, 3.63) is 70.5 Å². The number of imide groups is 1. The summed E-state index contributed by atoms with van der Waals surface area (Å²) in [5, 5.41) is 2.70. The zero-order valence-electron chi connectivity index (χ0n) is 21.9. The van der Waals surface area contributed by atoms with Crippen LogP contribution in [0.25, 0.3) is 0 Å². The Balaban J connectivity index is 1.07. The first kappa shape index (κ1) is 27.8. The number of nitrogens with zero attached hydrogens (tertiary/aromatic N) is 2. The molecule has 3 N–H and O–H groups in total. The van der Waals surface area contributed by atoms with Crippen molar-refractivity contribution in [2.45, 2.75) is 63.1 Å². The molecule has 3 heterocycles. The van der Waals surface area contributed by atoms with E-state index in [1.807, 2.05) is 4.90 Å². The lowest BCUT2D eigenvalue weighted by atomic mass is 9.82. The van der Waals surface area contributed by atoms with Crippen molar-refractivity contribution in [2.75, 3.05) is 13.1 Å². The maximum absolute atomic E-state index is 14.1. The first-order valence-electron chi connectivity index (χ1n) is 13.6. The second-order valence-electron chi connectivity index (χ2n) is 10.8. The molecule has 4 amide bonds. The second-order valence-corrected chi connectivity index (χ2v) is 10.8. The van der Waals surface area contributed by atoms with Gasteiger partial charge in [0.25, 0.3) is 11.8 Å². The van der Waals surface area contributed by atoms with Gasteiger partial charge in [-0.2, -0.15) is 0 Å². The van der Waals surface area contributed by atoms with Crippen LogP contribution in [0, 0.1) is 23.4 Å². The number of benzene rings is 2. The molecule has 212 valence electrons. The van der Waals surface area contributed by atoms with E-state index in [1.54, 1.807) is 24.3 Å². The van der Waals surface area contributed by atoms with Crippen LogP contribution in [0.1, 0.15) is 64.8 Å². The molecule has 0 radical (unpaired) electrons. The van der Waals surface area contributed by atoms with Gasteiger partial charge in [0.15, 0.2) is 11.6 Å². The number of hydrogen-bond donors (Lipinski definition) is 2. The van der Waals surface area contributed by atoms with E-state index in [2.05, 4.69) is 5.32 Å². The minimum absolute atomic E-state index is 0.0101. The van der Waals surface area contributed by atoms with Gasteiger partial charge in [-0.1, -0.05) is 12.1 Å². The molecule has 8 nitrogen and oxygen atoms in total. The molecule has 0 aromatic heterocycles. The summed E-state index contributed by atoms with van der Waals surface area (Å²) in [6.07, 6.45) is 3.06. The molecule has 3 atom stereocenters. The summed E-state index contributed by atoms with van der Waals surface area (Å²) in [5.41, 5.74) is 7.06. The average molecular weight is 557 g/mol. The van der Waals surface area contributed by atoms with E-state index < -0.39 is 35.3 Å². The number of fused-ring (bicyclic) bond motifs is 3. The average Bonchev–Trinajstić information content (AvgIpc) is 3.34. The van der Waals surface area contributed by atoms with Crippen molar-refractivity contribution in [1.29, 1.82) is 0 Å². The Labute approximate surface area is 229 Å². The molecule has 0 spiro atoms. The van der Waals surface area contributed by atoms with Gasteiger partial charge in [0.05, 0.1) is 11.1 Å². The van der Waals surface area contributed by atoms with Gasteiger partial charge in [-0.25, -0.2) is 13.2 Å². The van der Waals surface area contributed by atoms with E-state index in [9.17, 15) is 32.3 Å². The molecule has 3 aliphatic rings. The van der Waals surface area contributed by atoms with Crippen molar-refractivity contribution in [2.24, 2.45) is 11.7 Å². The number of carbonyl (C=O) groups is 4. The number of nitrogens with one attached hydrogen (secondary N) is 1. The first-order chi connectivity index (χ1) is 19.1. The van der Waals surface area contributed by atoms with Gasteiger partial charge in [-0.3, -0.25) is 24.1 Å². The van der Waals surface area contributed by atoms with Crippen LogP contribution in [0.15, 0.2) is 36.4 Å². The van der Waals surface area contributed by atoms with Crippen LogP contribution >= 0.6 is 0 Å². The third-order valence-corrected chi connectivity index (χ3v) is 8.31. The second kappa shape index (κ2) is 11.4. The maximum Gasteiger partial charge on any atom is 0.261 e. The van der Waals surface area contributed by atoms with Gasteiger partial charge in [0.2, 0.25) is 11.8 Å². The Kier molecular flexibility index (Phi) is 7.93. The van der Waals surface area contributed by atoms with E-state index in [1.165, 1.54) is 0 Å². The van der Waals surface area contributed by atoms with Gasteiger partial charge in [0.1, 0.15) is 5.82 Å². The third kappa shape index (κ3) is 5.47. The standard InChI is InChI=1S/C29H31F3N4O4/c30-22-15-24(32)23(31)13-16(22)14-25(33)17-11-18-5-6-19(12-17)36(18)27(38)7-9-34-26(37)8-10-35-28(39)20-3-1-2-4-21(20)29(35)40/h1-4,13,15,17-19,25H,5-12,14,33H2,(H,34,37)/t17?,18?,19?,25-/m1/s1. The molecule has 2 unspecified atom stereocenters. The number of hydrogen-bond acceptors (Lipinski definition) is 5. The molecule has 2 aromatic rings. The molecule has 5 rings (SSSR count). The number of amides is 4. The SMILES string of the molecule is N[C@H](Cc1cc(F)c(F)cc1F)C1CC2CCC(C1)N2C(=O)CCNC(=O)CCN1C(=O)c2ccccc2C1=O. The van der Waals surface area contributed by atoms with Crippen molar-refractivity contribution in [3.63, 3.8) is 0 Å². The van der Waals surface area contributed by atoms with Crippen molar-refractivity contribution < 1.29 is 32.3 Å². The highest BCUT2D eigenvalue weighted by atomic mass is 19.2. The lowest BCUT2D eigenvalue weighted by molar-refractivity contribution is -0.136. The summed E-state index contributed by atoms with van der Waals surface area (Å²) in [6.45, 7) is 0.0899. The van der Waals surface area contributed by atoms with Crippen molar-refractivity contribution >= 4 is 23.6 Å². The molecule has 0 saturated carbocycles. The Hall–Kier alpha value is -3.73. The molecule has 3 aliphatic heterocycles. The molecule has 0 aliphatic carbocycles. The Morgan fingerprint density at radius 1 is 0.925 bits per heavy atom. The molecule has 40 heavy (non-hydrogen) atoms. The van der Waals surface area contributed by atoms with Crippen LogP contribution in [0.3, 0.4) is 0 Å². The normalized spacial score (nSPS) is 22.4. The highest BCUT2D eigenvalue weighted by Crippen LogP contribution is 2.40. The quantitative estimate of drug-likeness (QED) is 0.364. The molecule has 2 saturated heterocycles. The summed E-state index contributed by atoms with van der Waals surface area (Å²) >= 11 is 0. The number of rotatable bonds is 9. The lowest BCUT2D eigenvalue weighted by Crippen LogP contribution is -2.50. The highest BCUT2D eigenvalue weighted by molar-refractivity contribution is 6.21. The van der Waals surface area contributed by atoms with Gasteiger partial charge < -0.3 is 16.0 Å². The summed E-state index contributed by atoms with van der Waals surface area (Å²) in [7, 11) is 0. The molecule has 2 aromatic carbocycles. The zero-order valence-corrected chi connectivity index (χ0v) is 21.9. The molecule has 2 fully saturated rings. The predicted molar refractivity (Wildman–Crippen MR) is 138 cm³/mol. The number of nitrogens with two attached hydrogens (primary N) is 1. The zero-order chi connectivity index (χ0) is 28.6. The van der Waals surface area contributed by atoms with Gasteiger partial charge in [0, 0.05) is 50.1 Å². The van der Waals surface area contributed by atoms with Crippen LogP contribution in [0.2, 0.25) is 0 Å². The summed E-state index contributed by atoms with van der Waals surface area (Å²) in [4.78, 5) is 53.2. The van der Waals surface area contributed by atoms with E-state index in [-0.39, 0.29) is 67.7 Å². The maximum atomic E-state index is 14.1. The molecular weight excluding hydrogens is 525 g/mol. The Morgan fingerprint density at radius 3 is 2.15 bits per heavy atom. The molecule has 11 heteroatoms. The fourth-order valence-electron chi connectivity index (χ4n) is 6.30. The largest absolute Gasteiger partial charge is 0.356 e. The Morgan fingerprint density at radius 2 is 1.52 bits per heavy atom. The van der Waals surface area contributed by atoms with Gasteiger partial charge >= 0.3 is 0 Å². The first-order valence-corrected chi connectivity index (χ1v) is 13.6. The summed E-state index contributed by atoms with van der Waals surface area (Å²) in [5.74, 6) is -4.44. The fraction of sp³-hybridized carbons (Fsp3) is 0.448. The van der Waals surface area contributed by atoms with Crippen molar-refractivity contribution in [1.82, 2.24) is 15.1 Å². The number of piperidine rings is 1. The van der Waals surface area contributed by atoms with Crippen LogP contribution in [0.5, 0.6) is 0 Å². The topological polar surface area (TPSA) is 113 Å². The predicted octanol–water partition coefficient (Wildman–Crippen LogP) is 2.94. The third-order valence-electron chi connectivity index (χ3n) is 8.31. The van der Waals surface area contributed by atoms with Crippen LogP contribution in [-0.2, 0) is 16.0 Å². The van der Waals surface area contributed by atoms with Gasteiger partial charge in [-0.15, -0.1) is 0 Å². The van der Waals surface area contributed by atoms with E-state index in [0.29, 0.717) is 30.0 Å². The van der Waals surface area contributed by atoms with E-state index in [0.717, 1.165) is 23.8 Å². The molecule has 2 bridgehead atoms. The van der Waals surface area contributed by atoms with Crippen LogP contribution in [0.4, 0.5) is 13.2 Å². The highest BCUT2D eigenvalue weighted by Gasteiger charge is 2.44. The minimum atomic E-state index is -1.24. The van der Waals surface area contributed by atoms with E-state index >= 15 is 0 Å². The van der Waals surface area contributed by atoms with Crippen LogP contribution in [-0.4, -0.2) is 64.6 Å².